The predicted octanol–water partition coefficient (Wildman–Crippen LogP) is 9.97. The Morgan fingerprint density at radius 1 is 0.284 bits per heavy atom. The van der Waals surface area contributed by atoms with Gasteiger partial charge in [-0.25, -0.2) is 0 Å². The third-order valence-corrected chi connectivity index (χ3v) is 19.6. The van der Waals surface area contributed by atoms with Crippen LogP contribution in [0.15, 0.2) is 223 Å². The van der Waals surface area contributed by atoms with Crippen LogP contribution in [-0.4, -0.2) is 26.9 Å². The molecular weight excluding hydrogens is 980 g/mol. The number of benzene rings is 11. The number of rotatable bonds is 4. The van der Waals surface area contributed by atoms with Gasteiger partial charge in [0.2, 0.25) is 6.71 Å². The van der Waals surface area contributed by atoms with Gasteiger partial charge in [0.1, 0.15) is 11.2 Å². The Morgan fingerprint density at radius 3 is 1.17 bits per heavy atom. The molecule has 7 aliphatic rings. The number of anilines is 12. The molecule has 1 aromatic heterocycles. The molecule has 0 amide bonds. The maximum absolute atomic E-state index is 7.01. The molecule has 0 unspecified atom stereocenters. The lowest BCUT2D eigenvalue weighted by Crippen LogP contribution is -2.75. The molecule has 0 radical (unpaired) electrons. The maximum Gasteiger partial charge on any atom is 0.252 e. The van der Waals surface area contributed by atoms with Crippen LogP contribution < -0.4 is 85.2 Å². The van der Waals surface area contributed by atoms with E-state index in [9.17, 15) is 0 Å². The average molecular weight is 1030 g/mol. The smallest absolute Gasteiger partial charge is 0.252 e. The molecule has 0 saturated carbocycles. The van der Waals surface area contributed by atoms with E-state index in [-0.39, 0.29) is 26.9 Å². The molecule has 0 bridgehead atoms. The number of para-hydroxylation sites is 7. The molecule has 81 heavy (non-hydrogen) atoms. The van der Waals surface area contributed by atoms with Crippen molar-refractivity contribution in [1.29, 1.82) is 0 Å². The highest BCUT2D eigenvalue weighted by Crippen LogP contribution is 2.53. The number of hydrogen-bond acceptors (Lipinski definition) is 5. The minimum Gasteiger partial charge on any atom is -0.456 e. The SMILES string of the molecule is CC(C)c1cccc(C(C)C)c1B1c2ccccc2N(c2ccccc2)c2cc3c(cc21)B1c2cc4oc5ccccc5c4cc2N2c4ccccc4B4c5ccccc5N5c6ccccc6B6c7ccccc7N3c3c6c5c4c2c31. The average Bonchev–Trinajstić information content (AvgIpc) is 2.44. The van der Waals surface area contributed by atoms with Gasteiger partial charge in [0.05, 0.1) is 0 Å². The number of fused-ring (bicyclic) bond motifs is 23. The van der Waals surface area contributed by atoms with Crippen LogP contribution in [0.1, 0.15) is 50.7 Å². The van der Waals surface area contributed by atoms with Gasteiger partial charge < -0.3 is 24.0 Å². The van der Waals surface area contributed by atoms with Crippen molar-refractivity contribution in [2.24, 2.45) is 0 Å². The third kappa shape index (κ3) is 5.48. The Labute approximate surface area is 473 Å². The van der Waals surface area contributed by atoms with Gasteiger partial charge in [0.15, 0.2) is 0 Å². The van der Waals surface area contributed by atoms with Crippen molar-refractivity contribution in [1.82, 2.24) is 0 Å². The van der Waals surface area contributed by atoms with Gasteiger partial charge in [0, 0.05) is 79.0 Å². The molecule has 9 heteroatoms. The van der Waals surface area contributed by atoms with Crippen molar-refractivity contribution in [2.45, 2.75) is 39.5 Å². The summed E-state index contributed by atoms with van der Waals surface area (Å²) in [4.78, 5) is 10.7. The fourth-order valence-corrected chi connectivity index (χ4v) is 16.6. The molecule has 376 valence electrons. The van der Waals surface area contributed by atoms with E-state index in [1.54, 1.807) is 0 Å². The van der Waals surface area contributed by atoms with Gasteiger partial charge in [-0.15, -0.1) is 0 Å². The number of furan rings is 1. The van der Waals surface area contributed by atoms with Gasteiger partial charge in [-0.3, -0.25) is 0 Å². The first-order valence-electron chi connectivity index (χ1n) is 29.1. The molecule has 19 rings (SSSR count). The molecule has 11 aromatic carbocycles. The van der Waals surface area contributed by atoms with Crippen LogP contribution >= 0.6 is 0 Å². The number of nitrogens with zero attached hydrogens (tertiary/aromatic N) is 4. The summed E-state index contributed by atoms with van der Waals surface area (Å²) >= 11 is 0. The molecule has 7 aliphatic heterocycles. The van der Waals surface area contributed by atoms with Crippen molar-refractivity contribution in [3.63, 3.8) is 0 Å². The van der Waals surface area contributed by atoms with Crippen LogP contribution in [0.3, 0.4) is 0 Å². The van der Waals surface area contributed by atoms with Crippen molar-refractivity contribution >= 4 is 183 Å². The lowest BCUT2D eigenvalue weighted by molar-refractivity contribution is 0.669. The minimum atomic E-state index is -0.163. The van der Waals surface area contributed by atoms with Gasteiger partial charge in [-0.05, 0) is 150 Å². The normalized spacial score (nSPS) is 14.7. The van der Waals surface area contributed by atoms with Crippen molar-refractivity contribution in [3.05, 3.63) is 230 Å². The van der Waals surface area contributed by atoms with Crippen LogP contribution in [0.5, 0.6) is 0 Å². The van der Waals surface area contributed by atoms with Crippen LogP contribution in [-0.2, 0) is 0 Å². The molecule has 0 spiro atoms. The zero-order valence-corrected chi connectivity index (χ0v) is 45.4. The second-order valence-corrected chi connectivity index (χ2v) is 24.1. The minimum absolute atomic E-state index is 0.000835. The summed E-state index contributed by atoms with van der Waals surface area (Å²) in [7, 11) is 0. The fourth-order valence-electron chi connectivity index (χ4n) is 16.6. The standard InChI is InChI=1S/C72H50B4N4O/c1-41(2)44-24-20-25-45(42(3)4)66(44)75-48-26-9-14-31-56(48)77(43-21-6-5-7-22-43)62-40-63-54(38-53(62)75)76-55-39-65-47(46-23-8-19-36-64(46)81-65)37-61(55)79-59-34-17-12-29-51(59)73-49-27-10-15-32-57(49)78-58-33-16-11-28-50(58)74-52-30-13-18-35-60(52)80(63)72-68(74)70(78)67(73)71(79)69(72)76/h5-42H,1-4H3. The molecule has 5 nitrogen and oxygen atoms in total. The summed E-state index contributed by atoms with van der Waals surface area (Å²) in [6.45, 7) is 9.30. The quantitative estimate of drug-likeness (QED) is 0.164. The topological polar surface area (TPSA) is 26.1 Å². The monoisotopic (exact) mass is 1030 g/mol. The van der Waals surface area contributed by atoms with E-state index in [1.807, 2.05) is 0 Å². The van der Waals surface area contributed by atoms with Crippen LogP contribution in [0.4, 0.5) is 68.2 Å². The Hall–Kier alpha value is -9.32. The Balaban J connectivity index is 1.02. The summed E-state index contributed by atoms with van der Waals surface area (Å²) in [5.74, 6) is 0.626. The Kier molecular flexibility index (Phi) is 8.65. The number of hydrogen-bond donors (Lipinski definition) is 0. The predicted molar refractivity (Wildman–Crippen MR) is 346 cm³/mol. The first-order chi connectivity index (χ1) is 39.9. The third-order valence-electron chi connectivity index (χ3n) is 19.6. The van der Waals surface area contributed by atoms with E-state index >= 15 is 0 Å². The van der Waals surface area contributed by atoms with E-state index < -0.39 is 0 Å². The molecule has 12 aromatic rings. The molecule has 0 saturated heterocycles. The summed E-state index contributed by atoms with van der Waals surface area (Å²) in [5, 5.41) is 2.28. The van der Waals surface area contributed by atoms with Gasteiger partial charge in [0.25, 0.3) is 20.1 Å². The van der Waals surface area contributed by atoms with Gasteiger partial charge in [-0.1, -0.05) is 185 Å². The van der Waals surface area contributed by atoms with E-state index in [2.05, 4.69) is 266 Å². The highest BCUT2D eigenvalue weighted by atomic mass is 16.3. The maximum atomic E-state index is 7.01. The summed E-state index contributed by atoms with van der Waals surface area (Å²) < 4.78 is 7.01. The van der Waals surface area contributed by atoms with Crippen LogP contribution in [0, 0.1) is 0 Å². The molecule has 8 heterocycles. The van der Waals surface area contributed by atoms with Crippen molar-refractivity contribution in [3.8, 4) is 0 Å². The van der Waals surface area contributed by atoms with Crippen molar-refractivity contribution < 1.29 is 4.42 Å². The van der Waals surface area contributed by atoms with E-state index in [1.165, 1.54) is 139 Å². The zero-order chi connectivity index (χ0) is 53.3. The van der Waals surface area contributed by atoms with Crippen LogP contribution in [0.25, 0.3) is 21.9 Å². The Morgan fingerprint density at radius 2 is 0.667 bits per heavy atom. The summed E-state index contributed by atoms with van der Waals surface area (Å²) in [6.07, 6.45) is 0. The zero-order valence-electron chi connectivity index (χ0n) is 45.4. The molecule has 0 aliphatic carbocycles. The highest BCUT2D eigenvalue weighted by Gasteiger charge is 2.58. The molecular formula is C72H50B4N4O. The second kappa shape index (κ2) is 15.7. The largest absolute Gasteiger partial charge is 0.456 e. The molecule has 0 N–H and O–H groups in total. The molecule has 0 atom stereocenters. The highest BCUT2D eigenvalue weighted by molar-refractivity contribution is 7.09. The molecule has 0 fully saturated rings. The second-order valence-electron chi connectivity index (χ2n) is 24.1. The Bertz CT molecular complexity index is 4780. The van der Waals surface area contributed by atoms with Crippen molar-refractivity contribution in [2.75, 3.05) is 19.6 Å². The van der Waals surface area contributed by atoms with E-state index in [0.29, 0.717) is 11.8 Å². The van der Waals surface area contributed by atoms with Gasteiger partial charge >= 0.3 is 0 Å². The van der Waals surface area contributed by atoms with E-state index in [0.717, 1.165) is 27.6 Å². The summed E-state index contributed by atoms with van der Waals surface area (Å²) in [5.41, 5.74) is 35.9. The first-order valence-corrected chi connectivity index (χ1v) is 29.1. The van der Waals surface area contributed by atoms with Crippen LogP contribution in [0.2, 0.25) is 0 Å². The lowest BCUT2D eigenvalue weighted by Gasteiger charge is -2.56. The first kappa shape index (κ1) is 44.5. The van der Waals surface area contributed by atoms with E-state index in [4.69, 9.17) is 4.42 Å². The summed E-state index contributed by atoms with van der Waals surface area (Å²) in [6, 6.07) is 83.7. The lowest BCUT2D eigenvalue weighted by atomic mass is 9.24. The van der Waals surface area contributed by atoms with Gasteiger partial charge in [-0.2, -0.15) is 0 Å². The fraction of sp³-hybridized carbons (Fsp3) is 0.0833.